The first-order valence-corrected chi connectivity index (χ1v) is 4.14. The van der Waals surface area contributed by atoms with Gasteiger partial charge in [-0.15, -0.1) is 0 Å². The molecule has 1 aromatic rings. The maximum Gasteiger partial charge on any atom is 0.0537 e. The first-order chi connectivity index (χ1) is 5.75. The van der Waals surface area contributed by atoms with Crippen LogP contribution in [-0.2, 0) is 13.6 Å². The molecule has 0 fully saturated rings. The van der Waals surface area contributed by atoms with E-state index in [1.165, 1.54) is 11.3 Å². The highest BCUT2D eigenvalue weighted by Gasteiger charge is 2.01. The van der Waals surface area contributed by atoms with Gasteiger partial charge in [-0.05, 0) is 6.92 Å². The topological polar surface area (TPSA) is 55.9 Å². The number of aryl methyl sites for hydroxylation is 1. The molecule has 0 saturated heterocycles. The van der Waals surface area contributed by atoms with E-state index in [1.807, 2.05) is 17.9 Å². The van der Waals surface area contributed by atoms with E-state index in [4.69, 9.17) is 5.73 Å². The lowest BCUT2D eigenvalue weighted by molar-refractivity contribution is 0.686. The maximum atomic E-state index is 5.35. The van der Waals surface area contributed by atoms with E-state index in [0.717, 1.165) is 13.1 Å². The zero-order valence-electron chi connectivity index (χ0n) is 7.67. The van der Waals surface area contributed by atoms with E-state index in [1.54, 1.807) is 0 Å². The molecule has 0 aliphatic heterocycles. The highest BCUT2D eigenvalue weighted by Crippen LogP contribution is 2.03. The van der Waals surface area contributed by atoms with Crippen molar-refractivity contribution in [3.63, 3.8) is 0 Å². The summed E-state index contributed by atoms with van der Waals surface area (Å²) in [6.45, 7) is 4.46. The lowest BCUT2D eigenvalue weighted by Crippen LogP contribution is -2.22. The second-order valence-electron chi connectivity index (χ2n) is 2.84. The van der Waals surface area contributed by atoms with Crippen molar-refractivity contribution < 1.29 is 0 Å². The van der Waals surface area contributed by atoms with Crippen LogP contribution in [0.4, 0.5) is 0 Å². The van der Waals surface area contributed by atoms with E-state index < -0.39 is 0 Å². The highest BCUT2D eigenvalue weighted by molar-refractivity contribution is 5.15. The molecule has 68 valence electrons. The fourth-order valence-corrected chi connectivity index (χ4v) is 1.04. The Bertz CT molecular complexity index is 241. The Labute approximate surface area is 72.8 Å². The lowest BCUT2D eigenvalue weighted by atomic mass is 10.2. The summed E-state index contributed by atoms with van der Waals surface area (Å²) in [6, 6.07) is 0. The Morgan fingerprint density at radius 3 is 2.92 bits per heavy atom. The summed E-state index contributed by atoms with van der Waals surface area (Å²) < 4.78 is 1.87. The third kappa shape index (κ3) is 2.06. The molecule has 0 saturated carbocycles. The van der Waals surface area contributed by atoms with Crippen molar-refractivity contribution in [2.24, 2.45) is 12.8 Å². The van der Waals surface area contributed by atoms with Crippen LogP contribution in [0.25, 0.3) is 0 Å². The van der Waals surface area contributed by atoms with Crippen molar-refractivity contribution in [3.05, 3.63) is 17.5 Å². The molecule has 0 amide bonds. The van der Waals surface area contributed by atoms with Gasteiger partial charge in [0.05, 0.1) is 6.20 Å². The molecule has 0 radical (unpaired) electrons. The highest BCUT2D eigenvalue weighted by atomic mass is 15.3. The molecule has 0 aliphatic carbocycles. The van der Waals surface area contributed by atoms with E-state index in [-0.39, 0.29) is 0 Å². The molecule has 3 N–H and O–H groups in total. The average molecular weight is 168 g/mol. The molecule has 0 bridgehead atoms. The van der Waals surface area contributed by atoms with E-state index in [0.29, 0.717) is 6.54 Å². The van der Waals surface area contributed by atoms with E-state index >= 15 is 0 Å². The Hall–Kier alpha value is -0.870. The molecule has 4 nitrogen and oxygen atoms in total. The van der Waals surface area contributed by atoms with Crippen LogP contribution >= 0.6 is 0 Å². The standard InChI is InChI=1S/C8H16N4/c1-7-8(5-10-4-3-9)6-11-12(7)2/h6,10H,3-5,9H2,1-2H3. The van der Waals surface area contributed by atoms with Crippen molar-refractivity contribution >= 4 is 0 Å². The van der Waals surface area contributed by atoms with Crippen molar-refractivity contribution in [3.8, 4) is 0 Å². The van der Waals surface area contributed by atoms with Gasteiger partial charge >= 0.3 is 0 Å². The van der Waals surface area contributed by atoms with Gasteiger partial charge < -0.3 is 11.1 Å². The molecular formula is C8H16N4. The summed E-state index contributed by atoms with van der Waals surface area (Å²) in [7, 11) is 1.95. The van der Waals surface area contributed by atoms with Gasteiger partial charge in [0.25, 0.3) is 0 Å². The number of rotatable bonds is 4. The van der Waals surface area contributed by atoms with Gasteiger partial charge in [0.15, 0.2) is 0 Å². The van der Waals surface area contributed by atoms with E-state index in [9.17, 15) is 0 Å². The van der Waals surface area contributed by atoms with Crippen LogP contribution in [-0.4, -0.2) is 22.9 Å². The fourth-order valence-electron chi connectivity index (χ4n) is 1.04. The van der Waals surface area contributed by atoms with Crippen LogP contribution in [0.1, 0.15) is 11.3 Å². The third-order valence-electron chi connectivity index (χ3n) is 1.97. The molecule has 0 aromatic carbocycles. The summed E-state index contributed by atoms with van der Waals surface area (Å²) >= 11 is 0. The predicted octanol–water partition coefficient (Wildman–Crippen LogP) is -0.223. The predicted molar refractivity (Wildman–Crippen MR) is 48.7 cm³/mol. The van der Waals surface area contributed by atoms with Gasteiger partial charge in [-0.2, -0.15) is 5.10 Å². The minimum atomic E-state index is 0.680. The first-order valence-electron chi connectivity index (χ1n) is 4.14. The van der Waals surface area contributed by atoms with Crippen molar-refractivity contribution in [2.75, 3.05) is 13.1 Å². The second kappa shape index (κ2) is 4.23. The number of nitrogens with one attached hydrogen (secondary N) is 1. The molecule has 1 heterocycles. The first kappa shape index (κ1) is 9.22. The van der Waals surface area contributed by atoms with Crippen LogP contribution < -0.4 is 11.1 Å². The van der Waals surface area contributed by atoms with Gasteiger partial charge in [0, 0.05) is 37.9 Å². The Morgan fingerprint density at radius 2 is 2.42 bits per heavy atom. The molecule has 1 rings (SSSR count). The summed E-state index contributed by atoms with van der Waals surface area (Å²) in [4.78, 5) is 0. The Balaban J connectivity index is 2.46. The zero-order chi connectivity index (χ0) is 8.97. The van der Waals surface area contributed by atoms with Crippen LogP contribution in [0.15, 0.2) is 6.20 Å². The third-order valence-corrected chi connectivity index (χ3v) is 1.97. The van der Waals surface area contributed by atoms with Gasteiger partial charge in [-0.25, -0.2) is 0 Å². The number of aromatic nitrogens is 2. The van der Waals surface area contributed by atoms with Crippen molar-refractivity contribution in [1.29, 1.82) is 0 Å². The lowest BCUT2D eigenvalue weighted by Gasteiger charge is -2.01. The summed E-state index contributed by atoms with van der Waals surface area (Å²) in [5, 5.41) is 7.37. The molecule has 0 aliphatic rings. The Morgan fingerprint density at radius 1 is 1.67 bits per heavy atom. The summed E-state index contributed by atoms with van der Waals surface area (Å²) in [6.07, 6.45) is 1.89. The van der Waals surface area contributed by atoms with Crippen LogP contribution in [0.3, 0.4) is 0 Å². The second-order valence-corrected chi connectivity index (χ2v) is 2.84. The number of nitrogens with zero attached hydrogens (tertiary/aromatic N) is 2. The van der Waals surface area contributed by atoms with Crippen LogP contribution in [0, 0.1) is 6.92 Å². The smallest absolute Gasteiger partial charge is 0.0537 e. The largest absolute Gasteiger partial charge is 0.329 e. The van der Waals surface area contributed by atoms with Gasteiger partial charge in [0.2, 0.25) is 0 Å². The van der Waals surface area contributed by atoms with Crippen LogP contribution in [0.5, 0.6) is 0 Å². The maximum absolute atomic E-state index is 5.35. The average Bonchev–Trinajstić information content (AvgIpc) is 2.36. The minimum Gasteiger partial charge on any atom is -0.329 e. The summed E-state index contributed by atoms with van der Waals surface area (Å²) in [5.74, 6) is 0. The fraction of sp³-hybridized carbons (Fsp3) is 0.625. The van der Waals surface area contributed by atoms with Crippen LogP contribution in [0.2, 0.25) is 0 Å². The SMILES string of the molecule is Cc1c(CNCCN)cnn1C. The molecule has 1 aromatic heterocycles. The van der Waals surface area contributed by atoms with Crippen molar-refractivity contribution in [2.45, 2.75) is 13.5 Å². The summed E-state index contributed by atoms with van der Waals surface area (Å²) in [5.41, 5.74) is 7.80. The monoisotopic (exact) mass is 168 g/mol. The molecule has 0 spiro atoms. The minimum absolute atomic E-state index is 0.680. The molecule has 4 heteroatoms. The van der Waals surface area contributed by atoms with Gasteiger partial charge in [0.1, 0.15) is 0 Å². The number of nitrogens with two attached hydrogens (primary N) is 1. The zero-order valence-corrected chi connectivity index (χ0v) is 7.67. The Kier molecular flexibility index (Phi) is 3.25. The molecule has 0 unspecified atom stereocenters. The normalized spacial score (nSPS) is 10.6. The van der Waals surface area contributed by atoms with Crippen molar-refractivity contribution in [1.82, 2.24) is 15.1 Å². The molecular weight excluding hydrogens is 152 g/mol. The number of hydrogen-bond acceptors (Lipinski definition) is 3. The van der Waals surface area contributed by atoms with E-state index in [2.05, 4.69) is 17.3 Å². The molecule has 12 heavy (non-hydrogen) atoms. The van der Waals surface area contributed by atoms with Gasteiger partial charge in [-0.1, -0.05) is 0 Å². The number of hydrogen-bond donors (Lipinski definition) is 2. The van der Waals surface area contributed by atoms with Gasteiger partial charge in [-0.3, -0.25) is 4.68 Å². The molecule has 0 atom stereocenters. The quantitative estimate of drug-likeness (QED) is 0.611.